The molecule has 0 aliphatic carbocycles. The number of hydrogen-bond acceptors (Lipinski definition) is 4. The Morgan fingerprint density at radius 2 is 1.69 bits per heavy atom. The van der Waals surface area contributed by atoms with Crippen molar-refractivity contribution in [1.29, 1.82) is 0 Å². The molecule has 0 aromatic rings. The van der Waals surface area contributed by atoms with Gasteiger partial charge in [0.1, 0.15) is 0 Å². The molecule has 4 nitrogen and oxygen atoms in total. The molecule has 13 heavy (non-hydrogen) atoms. The van der Waals surface area contributed by atoms with E-state index in [1.165, 1.54) is 0 Å². The predicted molar refractivity (Wildman–Crippen MR) is 50.6 cm³/mol. The van der Waals surface area contributed by atoms with E-state index in [0.717, 1.165) is 0 Å². The molecule has 0 saturated carbocycles. The molecule has 0 aliphatic rings. The first-order chi connectivity index (χ1) is 4.71. The summed E-state index contributed by atoms with van der Waals surface area (Å²) in [6.07, 6.45) is 0. The second-order valence-corrected chi connectivity index (χ2v) is 9.26. The van der Waals surface area contributed by atoms with Crippen LogP contribution in [0.3, 0.4) is 0 Å². The van der Waals surface area contributed by atoms with E-state index in [1.54, 1.807) is 0 Å². The molecule has 0 aliphatic heterocycles. The monoisotopic (exact) mass is 236 g/mol. The molecule has 0 fully saturated rings. The Bertz CT molecular complexity index is 209. The fourth-order valence-electron chi connectivity index (χ4n) is 0.450. The van der Waals surface area contributed by atoms with Gasteiger partial charge in [0.2, 0.25) is 0 Å². The topological polar surface area (TPSA) is 66.4 Å². The van der Waals surface area contributed by atoms with Crippen molar-refractivity contribution < 1.29 is 47.0 Å². The maximum atomic E-state index is 10.1. The van der Waals surface area contributed by atoms with Gasteiger partial charge in [-0.15, -0.1) is 0 Å². The molecule has 0 rings (SSSR count). The molecule has 0 radical (unpaired) electrons. The second kappa shape index (κ2) is 7.39. The van der Waals surface area contributed by atoms with Crippen molar-refractivity contribution in [3.8, 4) is 0 Å². The van der Waals surface area contributed by atoms with Crippen LogP contribution in [0, 0.1) is 0 Å². The Balaban J connectivity index is -0.000000500. The van der Waals surface area contributed by atoms with Crippen molar-refractivity contribution in [3.63, 3.8) is 0 Å². The van der Waals surface area contributed by atoms with E-state index in [-0.39, 0.29) is 43.6 Å². The maximum absolute atomic E-state index is 10.1. The van der Waals surface area contributed by atoms with E-state index in [4.69, 9.17) is 4.43 Å². The molecule has 0 aromatic carbocycles. The van der Waals surface area contributed by atoms with Gasteiger partial charge in [-0.1, -0.05) is 7.43 Å². The smallest absolute Gasteiger partial charge is 0.748 e. The Morgan fingerprint density at radius 3 is 1.92 bits per heavy atom. The molecule has 0 bridgehead atoms. The van der Waals surface area contributed by atoms with Gasteiger partial charge in [-0.2, -0.15) is 0 Å². The van der Waals surface area contributed by atoms with Crippen LogP contribution in [0.4, 0.5) is 0 Å². The fraction of sp³-hybridized carbons (Fsp3) is 1.00. The van der Waals surface area contributed by atoms with Crippen LogP contribution >= 0.6 is 0 Å². The zero-order valence-corrected chi connectivity index (χ0v) is 11.8. The molecule has 0 atom stereocenters. The largest absolute Gasteiger partial charge is 1.00 e. The van der Waals surface area contributed by atoms with Crippen molar-refractivity contribution in [1.82, 2.24) is 0 Å². The van der Waals surface area contributed by atoms with Crippen molar-refractivity contribution >= 4 is 18.4 Å². The summed E-state index contributed by atoms with van der Waals surface area (Å²) in [6, 6.07) is 0. The average molecular weight is 236 g/mol. The van der Waals surface area contributed by atoms with Crippen LogP contribution in [-0.4, -0.2) is 33.6 Å². The first-order valence-corrected chi connectivity index (χ1v) is 8.27. The molecule has 0 amide bonds. The Morgan fingerprint density at radius 1 is 1.31 bits per heavy atom. The summed E-state index contributed by atoms with van der Waals surface area (Å²) in [5, 5.41) is 0. The molecular weight excluding hydrogens is 219 g/mol. The van der Waals surface area contributed by atoms with Gasteiger partial charge in [0.25, 0.3) is 0 Å². The molecule has 0 saturated heterocycles. The first-order valence-electron chi connectivity index (χ1n) is 3.28. The molecular formula is C6H17NaO4SSi. The third-order valence-corrected chi connectivity index (χ3v) is 2.61. The van der Waals surface area contributed by atoms with Crippen LogP contribution < -0.4 is 29.6 Å². The standard InChI is InChI=1S/C5H14O4SSi.CH4.Na/c1-11(2,3)9-4-5-10(6,7)8;;/h4-5H2,1-3H3,(H,6,7,8);1H4;/q;;+1/p-1. The molecule has 0 aromatic heterocycles. The summed E-state index contributed by atoms with van der Waals surface area (Å²) in [5.41, 5.74) is 0. The average Bonchev–Trinajstić information content (AvgIpc) is 1.55. The van der Waals surface area contributed by atoms with Gasteiger partial charge in [-0.3, -0.25) is 0 Å². The molecule has 7 heteroatoms. The van der Waals surface area contributed by atoms with E-state index >= 15 is 0 Å². The zero-order chi connectivity index (χ0) is 9.12. The molecule has 0 spiro atoms. The van der Waals surface area contributed by atoms with E-state index in [9.17, 15) is 13.0 Å². The summed E-state index contributed by atoms with van der Waals surface area (Å²) in [4.78, 5) is 0. The van der Waals surface area contributed by atoms with Gasteiger partial charge in [0.15, 0.2) is 8.32 Å². The van der Waals surface area contributed by atoms with Crippen LogP contribution in [0.25, 0.3) is 0 Å². The Labute approximate surface area is 104 Å². The fourth-order valence-corrected chi connectivity index (χ4v) is 1.60. The normalized spacial score (nSPS) is 11.4. The third-order valence-electron chi connectivity index (χ3n) is 0.868. The Hall–Kier alpha value is 1.09. The van der Waals surface area contributed by atoms with Gasteiger partial charge in [0, 0.05) is 6.61 Å². The van der Waals surface area contributed by atoms with Crippen LogP contribution in [0.2, 0.25) is 19.6 Å². The quantitative estimate of drug-likeness (QED) is 0.419. The van der Waals surface area contributed by atoms with Crippen LogP contribution in [-0.2, 0) is 14.5 Å². The summed E-state index contributed by atoms with van der Waals surface area (Å²) in [6.45, 7) is 5.83. The van der Waals surface area contributed by atoms with E-state index < -0.39 is 24.2 Å². The van der Waals surface area contributed by atoms with Crippen molar-refractivity contribution in [2.45, 2.75) is 27.1 Å². The molecule has 0 N–H and O–H groups in total. The number of hydrogen-bond donors (Lipinski definition) is 0. The minimum absolute atomic E-state index is 0. The van der Waals surface area contributed by atoms with Crippen LogP contribution in [0.5, 0.6) is 0 Å². The van der Waals surface area contributed by atoms with Gasteiger partial charge in [0.05, 0.1) is 15.9 Å². The molecule has 0 heterocycles. The van der Waals surface area contributed by atoms with E-state index in [1.807, 2.05) is 19.6 Å². The number of rotatable bonds is 4. The SMILES string of the molecule is C.C[Si](C)(C)OCCS(=O)(=O)[O-].[Na+]. The van der Waals surface area contributed by atoms with Crippen molar-refractivity contribution in [3.05, 3.63) is 0 Å². The maximum Gasteiger partial charge on any atom is 1.00 e. The summed E-state index contributed by atoms with van der Waals surface area (Å²) >= 11 is 0. The van der Waals surface area contributed by atoms with E-state index in [0.29, 0.717) is 0 Å². The molecule has 0 unspecified atom stereocenters. The van der Waals surface area contributed by atoms with E-state index in [2.05, 4.69) is 0 Å². The van der Waals surface area contributed by atoms with Crippen LogP contribution in [0.1, 0.15) is 7.43 Å². The summed E-state index contributed by atoms with van der Waals surface area (Å²) < 4.78 is 35.5. The predicted octanol–water partition coefficient (Wildman–Crippen LogP) is -1.98. The summed E-state index contributed by atoms with van der Waals surface area (Å²) in [5.74, 6) is -0.419. The first kappa shape index (κ1) is 19.6. The van der Waals surface area contributed by atoms with Crippen molar-refractivity contribution in [2.75, 3.05) is 12.4 Å². The van der Waals surface area contributed by atoms with Crippen LogP contribution in [0.15, 0.2) is 0 Å². The Kier molecular flexibility index (Phi) is 11.2. The van der Waals surface area contributed by atoms with Crippen molar-refractivity contribution in [2.24, 2.45) is 0 Å². The second-order valence-electron chi connectivity index (χ2n) is 3.22. The van der Waals surface area contributed by atoms with Gasteiger partial charge < -0.3 is 8.98 Å². The third kappa shape index (κ3) is 19.5. The summed E-state index contributed by atoms with van der Waals surface area (Å²) in [7, 11) is -5.76. The van der Waals surface area contributed by atoms with Gasteiger partial charge >= 0.3 is 29.6 Å². The zero-order valence-electron chi connectivity index (χ0n) is 7.96. The minimum Gasteiger partial charge on any atom is -0.748 e. The minimum atomic E-state index is -4.10. The molecule has 76 valence electrons. The van der Waals surface area contributed by atoms with Gasteiger partial charge in [-0.25, -0.2) is 8.42 Å². The van der Waals surface area contributed by atoms with Gasteiger partial charge in [-0.05, 0) is 19.6 Å².